The van der Waals surface area contributed by atoms with E-state index in [1.54, 1.807) is 0 Å². The molecule has 3 nitrogen and oxygen atoms in total. The Kier molecular flexibility index (Phi) is 5.20. The predicted molar refractivity (Wildman–Crippen MR) is 185 cm³/mol. The van der Waals surface area contributed by atoms with E-state index in [-0.39, 0.29) is 0 Å². The van der Waals surface area contributed by atoms with Crippen molar-refractivity contribution in [2.75, 3.05) is 0 Å². The summed E-state index contributed by atoms with van der Waals surface area (Å²) in [6, 6.07) is 58.0. The lowest BCUT2D eigenvalue weighted by Gasteiger charge is -2.45. The molecule has 3 heteroatoms. The summed E-state index contributed by atoms with van der Waals surface area (Å²) in [5, 5.41) is 2.47. The molecule has 0 N–H and O–H groups in total. The van der Waals surface area contributed by atoms with Gasteiger partial charge in [0.1, 0.15) is 23.0 Å². The molecule has 0 bridgehead atoms. The number of ether oxygens (including phenoxy) is 2. The molecule has 7 aromatic carbocycles. The van der Waals surface area contributed by atoms with Gasteiger partial charge in [-0.15, -0.1) is 0 Å². The quantitative estimate of drug-likeness (QED) is 0.200. The van der Waals surface area contributed by atoms with Gasteiger partial charge in [0.25, 0.3) is 0 Å². The third kappa shape index (κ3) is 3.37. The third-order valence-electron chi connectivity index (χ3n) is 9.72. The highest BCUT2D eigenvalue weighted by Gasteiger charge is 2.50. The zero-order valence-electron chi connectivity index (χ0n) is 24.9. The maximum Gasteiger partial charge on any atom is 0.134 e. The predicted octanol–water partition coefficient (Wildman–Crippen LogP) is 11.0. The largest absolute Gasteiger partial charge is 0.457 e. The number of para-hydroxylation sites is 4. The zero-order valence-corrected chi connectivity index (χ0v) is 24.9. The fraction of sp³-hybridized carbons (Fsp3) is 0.0233. The van der Waals surface area contributed by atoms with E-state index in [1.807, 2.05) is 6.07 Å². The third-order valence-corrected chi connectivity index (χ3v) is 9.72. The van der Waals surface area contributed by atoms with E-state index in [1.165, 1.54) is 21.8 Å². The number of hydrogen-bond acceptors (Lipinski definition) is 2. The minimum atomic E-state index is -0.636. The van der Waals surface area contributed by atoms with Crippen LogP contribution in [0.5, 0.6) is 23.0 Å². The molecule has 8 aromatic rings. The molecule has 0 amide bonds. The number of benzene rings is 7. The van der Waals surface area contributed by atoms with Crippen molar-refractivity contribution < 1.29 is 9.47 Å². The summed E-state index contributed by atoms with van der Waals surface area (Å²) in [6.45, 7) is 0. The topological polar surface area (TPSA) is 23.4 Å². The van der Waals surface area contributed by atoms with Crippen LogP contribution in [0.25, 0.3) is 38.6 Å². The van der Waals surface area contributed by atoms with Gasteiger partial charge < -0.3 is 14.0 Å². The summed E-state index contributed by atoms with van der Waals surface area (Å²) in [5.74, 6) is 3.40. The molecule has 0 saturated heterocycles. The summed E-state index contributed by atoms with van der Waals surface area (Å²) < 4.78 is 15.9. The van der Waals surface area contributed by atoms with Gasteiger partial charge in [-0.05, 0) is 47.5 Å². The Hall–Kier alpha value is -6.06. The van der Waals surface area contributed by atoms with Crippen molar-refractivity contribution >= 4 is 21.8 Å². The van der Waals surface area contributed by atoms with E-state index >= 15 is 0 Å². The second-order valence-corrected chi connectivity index (χ2v) is 12.1. The van der Waals surface area contributed by atoms with Crippen LogP contribution < -0.4 is 9.47 Å². The maximum atomic E-state index is 6.84. The molecule has 3 heterocycles. The zero-order chi connectivity index (χ0) is 30.2. The first-order valence-electron chi connectivity index (χ1n) is 15.7. The Bertz CT molecular complexity index is 2430. The summed E-state index contributed by atoms with van der Waals surface area (Å²) in [7, 11) is 0. The van der Waals surface area contributed by atoms with Crippen molar-refractivity contribution in [3.05, 3.63) is 186 Å². The highest BCUT2D eigenvalue weighted by atomic mass is 16.5. The highest BCUT2D eigenvalue weighted by Crippen LogP contribution is 2.61. The van der Waals surface area contributed by atoms with Gasteiger partial charge in [-0.25, -0.2) is 0 Å². The van der Waals surface area contributed by atoms with Gasteiger partial charge in [0, 0.05) is 44.8 Å². The molecule has 46 heavy (non-hydrogen) atoms. The molecule has 2 aliphatic rings. The standard InChI is InChI=1S/C43H27NO2/c1-2-12-28(13-3-1)29-22-24-35-41(26-29)45-39-20-10-6-16-33(39)43(35)34-17-7-11-21-40(34)46-42-27-30(23-25-36(42)43)44-37-18-8-4-14-31(37)32-15-5-9-19-38(32)44/h1-27H. The first-order chi connectivity index (χ1) is 22.8. The first-order valence-corrected chi connectivity index (χ1v) is 15.7. The van der Waals surface area contributed by atoms with Crippen LogP contribution in [0.2, 0.25) is 0 Å². The Morgan fingerprint density at radius 3 is 1.52 bits per heavy atom. The molecule has 2 aliphatic heterocycles. The van der Waals surface area contributed by atoms with E-state index < -0.39 is 5.41 Å². The number of aromatic nitrogens is 1. The molecule has 1 aromatic heterocycles. The lowest BCUT2D eigenvalue weighted by Crippen LogP contribution is -2.36. The molecule has 0 saturated carbocycles. The molecule has 0 aliphatic carbocycles. The molecule has 0 fully saturated rings. The van der Waals surface area contributed by atoms with E-state index in [0.29, 0.717) is 0 Å². The SMILES string of the molecule is c1ccc(-c2ccc3c(c2)Oc2ccccc2C32c3ccccc3Oc3cc(-n4c5ccccc5c5ccccc54)ccc32)cc1. The molecule has 10 rings (SSSR count). The van der Waals surface area contributed by atoms with Gasteiger partial charge >= 0.3 is 0 Å². The van der Waals surface area contributed by atoms with Crippen molar-refractivity contribution in [1.82, 2.24) is 4.57 Å². The second-order valence-electron chi connectivity index (χ2n) is 12.1. The molecule has 1 spiro atoms. The van der Waals surface area contributed by atoms with Gasteiger partial charge in [-0.2, -0.15) is 0 Å². The highest BCUT2D eigenvalue weighted by molar-refractivity contribution is 6.09. The minimum Gasteiger partial charge on any atom is -0.457 e. The molecular formula is C43H27NO2. The van der Waals surface area contributed by atoms with Crippen molar-refractivity contribution in [3.63, 3.8) is 0 Å². The van der Waals surface area contributed by atoms with Gasteiger partial charge in [-0.3, -0.25) is 0 Å². The van der Waals surface area contributed by atoms with Gasteiger partial charge in [0.2, 0.25) is 0 Å². The molecule has 216 valence electrons. The van der Waals surface area contributed by atoms with E-state index in [0.717, 1.165) is 62.1 Å². The number of rotatable bonds is 2. The smallest absolute Gasteiger partial charge is 0.134 e. The Morgan fingerprint density at radius 1 is 0.370 bits per heavy atom. The Labute approximate surface area is 266 Å². The fourth-order valence-corrected chi connectivity index (χ4v) is 7.81. The van der Waals surface area contributed by atoms with E-state index in [9.17, 15) is 0 Å². The van der Waals surface area contributed by atoms with Crippen LogP contribution in [0.4, 0.5) is 0 Å². The van der Waals surface area contributed by atoms with Crippen LogP contribution in [0.3, 0.4) is 0 Å². The Balaban J connectivity index is 1.27. The van der Waals surface area contributed by atoms with Gasteiger partial charge in [0.15, 0.2) is 0 Å². The normalized spacial score (nSPS) is 15.8. The molecular weight excluding hydrogens is 562 g/mol. The minimum absolute atomic E-state index is 0.636. The average molecular weight is 590 g/mol. The monoisotopic (exact) mass is 589 g/mol. The van der Waals surface area contributed by atoms with Crippen LogP contribution in [-0.4, -0.2) is 4.57 Å². The Morgan fingerprint density at radius 2 is 0.870 bits per heavy atom. The number of fused-ring (bicyclic) bond motifs is 11. The summed E-state index contributed by atoms with van der Waals surface area (Å²) in [6.07, 6.45) is 0. The van der Waals surface area contributed by atoms with Crippen molar-refractivity contribution in [2.45, 2.75) is 5.41 Å². The lowest BCUT2D eigenvalue weighted by molar-refractivity contribution is 0.399. The molecule has 0 radical (unpaired) electrons. The van der Waals surface area contributed by atoms with Gasteiger partial charge in [-0.1, -0.05) is 121 Å². The van der Waals surface area contributed by atoms with Gasteiger partial charge in [0.05, 0.1) is 16.4 Å². The van der Waals surface area contributed by atoms with Crippen molar-refractivity contribution in [3.8, 4) is 39.8 Å². The summed E-state index contributed by atoms with van der Waals surface area (Å²) in [4.78, 5) is 0. The number of nitrogens with zero attached hydrogens (tertiary/aromatic N) is 1. The van der Waals surface area contributed by atoms with Crippen LogP contribution in [0.15, 0.2) is 164 Å². The van der Waals surface area contributed by atoms with Crippen LogP contribution in [0, 0.1) is 0 Å². The molecule has 1 unspecified atom stereocenters. The maximum absolute atomic E-state index is 6.84. The molecule has 1 atom stereocenters. The van der Waals surface area contributed by atoms with Crippen LogP contribution in [0.1, 0.15) is 22.3 Å². The van der Waals surface area contributed by atoms with Crippen molar-refractivity contribution in [1.29, 1.82) is 0 Å². The average Bonchev–Trinajstić information content (AvgIpc) is 3.46. The van der Waals surface area contributed by atoms with Crippen LogP contribution >= 0.6 is 0 Å². The number of hydrogen-bond donors (Lipinski definition) is 0. The van der Waals surface area contributed by atoms with E-state index in [4.69, 9.17) is 9.47 Å². The van der Waals surface area contributed by atoms with Crippen LogP contribution in [-0.2, 0) is 5.41 Å². The lowest BCUT2D eigenvalue weighted by atomic mass is 9.62. The second kappa shape index (κ2) is 9.47. The van der Waals surface area contributed by atoms with Crippen molar-refractivity contribution in [2.24, 2.45) is 0 Å². The summed E-state index contributed by atoms with van der Waals surface area (Å²) >= 11 is 0. The summed E-state index contributed by atoms with van der Waals surface area (Å²) in [5.41, 5.74) is 9.46. The fourth-order valence-electron chi connectivity index (χ4n) is 7.81. The first kappa shape index (κ1) is 25.3. The van der Waals surface area contributed by atoms with E-state index in [2.05, 4.69) is 162 Å².